The molecule has 0 amide bonds. The fourth-order valence-corrected chi connectivity index (χ4v) is 4.79. The molecule has 0 spiro atoms. The average molecular weight is 481 g/mol. The lowest BCUT2D eigenvalue weighted by molar-refractivity contribution is -0.138. The molecule has 170 valence electrons. The zero-order valence-electron chi connectivity index (χ0n) is 18.5. The average Bonchev–Trinajstić information content (AvgIpc) is 3.23. The highest BCUT2D eigenvalue weighted by molar-refractivity contribution is 7.98. The van der Waals surface area contributed by atoms with Crippen molar-refractivity contribution in [3.05, 3.63) is 94.2 Å². The molecule has 1 N–H and O–H groups in total. The van der Waals surface area contributed by atoms with Crippen LogP contribution in [0.15, 0.2) is 77.6 Å². The number of ether oxygens (including phenoxy) is 1. The van der Waals surface area contributed by atoms with Gasteiger partial charge in [-0.3, -0.25) is 0 Å². The molecule has 6 nitrogen and oxygen atoms in total. The van der Waals surface area contributed by atoms with Crippen molar-refractivity contribution in [1.29, 1.82) is 0 Å². The number of fused-ring (bicyclic) bond motifs is 1. The zero-order chi connectivity index (χ0) is 23.4. The molecule has 2 aromatic carbocycles. The third kappa shape index (κ3) is 4.99. The fourth-order valence-electron chi connectivity index (χ4n) is 3.67. The number of nitrogens with zero attached hydrogens (tertiary/aromatic N) is 3. The Kier molecular flexibility index (Phi) is 7.20. The number of carbonyl (C=O) groups excluding carboxylic acids is 1. The van der Waals surface area contributed by atoms with Crippen LogP contribution in [-0.4, -0.2) is 27.3 Å². The first kappa shape index (κ1) is 23.1. The minimum atomic E-state index is -0.452. The topological polar surface area (TPSA) is 69.0 Å². The number of rotatable bonds is 8. The van der Waals surface area contributed by atoms with Crippen LogP contribution in [0.1, 0.15) is 36.6 Å². The first-order valence-electron chi connectivity index (χ1n) is 10.7. The SMILES string of the molecule is C=CCOC(=O)C1=C(C)Nc2nc(SCc3ccccc3Cl)nn2[C@H]1c1ccc(CC)cc1. The molecule has 0 fully saturated rings. The van der Waals surface area contributed by atoms with Gasteiger partial charge in [-0.25, -0.2) is 9.48 Å². The number of allylic oxidation sites excluding steroid dienone is 1. The van der Waals surface area contributed by atoms with Gasteiger partial charge < -0.3 is 10.1 Å². The van der Waals surface area contributed by atoms with E-state index in [-0.39, 0.29) is 6.61 Å². The van der Waals surface area contributed by atoms with Gasteiger partial charge in [0.1, 0.15) is 12.6 Å². The molecule has 33 heavy (non-hydrogen) atoms. The summed E-state index contributed by atoms with van der Waals surface area (Å²) in [5, 5.41) is 9.28. The molecule has 0 unspecified atom stereocenters. The Morgan fingerprint density at radius 1 is 1.27 bits per heavy atom. The van der Waals surface area contributed by atoms with Gasteiger partial charge in [-0.2, -0.15) is 4.98 Å². The number of anilines is 1. The number of nitrogens with one attached hydrogen (secondary N) is 1. The van der Waals surface area contributed by atoms with E-state index in [4.69, 9.17) is 21.4 Å². The van der Waals surface area contributed by atoms with Gasteiger partial charge in [0, 0.05) is 16.5 Å². The van der Waals surface area contributed by atoms with Crippen molar-refractivity contribution in [1.82, 2.24) is 14.8 Å². The Bertz CT molecular complexity index is 1200. The molecule has 4 rings (SSSR count). The quantitative estimate of drug-likeness (QED) is 0.249. The van der Waals surface area contributed by atoms with Crippen molar-refractivity contribution in [2.75, 3.05) is 11.9 Å². The predicted octanol–water partition coefficient (Wildman–Crippen LogP) is 5.80. The summed E-state index contributed by atoms with van der Waals surface area (Å²) >= 11 is 7.79. The Hall–Kier alpha value is -3.03. The molecule has 8 heteroatoms. The van der Waals surface area contributed by atoms with Crippen LogP contribution < -0.4 is 5.32 Å². The molecular weight excluding hydrogens is 456 g/mol. The second-order valence-corrected chi connectivity index (χ2v) is 8.94. The van der Waals surface area contributed by atoms with Gasteiger partial charge in [-0.05, 0) is 36.1 Å². The smallest absolute Gasteiger partial charge is 0.338 e. The number of aromatic nitrogens is 3. The maximum Gasteiger partial charge on any atom is 0.338 e. The summed E-state index contributed by atoms with van der Waals surface area (Å²) in [7, 11) is 0. The van der Waals surface area contributed by atoms with Gasteiger partial charge >= 0.3 is 5.97 Å². The highest BCUT2D eigenvalue weighted by Gasteiger charge is 2.35. The normalized spacial score (nSPS) is 15.1. The van der Waals surface area contributed by atoms with Crippen LogP contribution in [-0.2, 0) is 21.7 Å². The van der Waals surface area contributed by atoms with Crippen LogP contribution >= 0.6 is 23.4 Å². The summed E-state index contributed by atoms with van der Waals surface area (Å²) < 4.78 is 7.16. The maximum absolute atomic E-state index is 13.0. The Morgan fingerprint density at radius 3 is 2.73 bits per heavy atom. The van der Waals surface area contributed by atoms with E-state index in [0.717, 1.165) is 17.5 Å². The van der Waals surface area contributed by atoms with Crippen molar-refractivity contribution < 1.29 is 9.53 Å². The van der Waals surface area contributed by atoms with Crippen LogP contribution in [0.25, 0.3) is 0 Å². The highest BCUT2D eigenvalue weighted by Crippen LogP contribution is 2.37. The second kappa shape index (κ2) is 10.3. The highest BCUT2D eigenvalue weighted by atomic mass is 35.5. The number of esters is 1. The van der Waals surface area contributed by atoms with E-state index >= 15 is 0 Å². The van der Waals surface area contributed by atoms with E-state index in [1.807, 2.05) is 43.3 Å². The van der Waals surface area contributed by atoms with E-state index in [2.05, 4.69) is 35.9 Å². The van der Waals surface area contributed by atoms with Gasteiger partial charge in [-0.1, -0.05) is 85.4 Å². The minimum Gasteiger partial charge on any atom is -0.458 e. The van der Waals surface area contributed by atoms with Crippen molar-refractivity contribution >= 4 is 35.3 Å². The summed E-state index contributed by atoms with van der Waals surface area (Å²) in [5.41, 5.74) is 4.36. The van der Waals surface area contributed by atoms with Gasteiger partial charge in [0.05, 0.1) is 5.57 Å². The Labute approximate surface area is 202 Å². The summed E-state index contributed by atoms with van der Waals surface area (Å²) in [4.78, 5) is 17.7. The first-order valence-corrected chi connectivity index (χ1v) is 12.1. The molecule has 0 bridgehead atoms. The number of benzene rings is 2. The summed E-state index contributed by atoms with van der Waals surface area (Å²) in [6, 6.07) is 15.5. The molecule has 0 saturated carbocycles. The third-order valence-corrected chi connectivity index (χ3v) is 6.66. The van der Waals surface area contributed by atoms with Gasteiger partial charge in [0.15, 0.2) is 0 Å². The number of carbonyl (C=O) groups is 1. The molecule has 1 aliphatic heterocycles. The molecule has 0 saturated heterocycles. The van der Waals surface area contributed by atoms with Crippen molar-refractivity contribution in [2.45, 2.75) is 37.2 Å². The lowest BCUT2D eigenvalue weighted by atomic mass is 9.95. The third-order valence-electron chi connectivity index (χ3n) is 5.40. The van der Waals surface area contributed by atoms with E-state index in [1.165, 1.54) is 17.3 Å². The summed E-state index contributed by atoms with van der Waals surface area (Å²) in [5.74, 6) is 0.814. The lowest BCUT2D eigenvalue weighted by Crippen LogP contribution is -2.29. The minimum absolute atomic E-state index is 0.139. The Balaban J connectivity index is 1.69. The van der Waals surface area contributed by atoms with E-state index in [9.17, 15) is 4.79 Å². The van der Waals surface area contributed by atoms with Crippen molar-refractivity contribution in [3.63, 3.8) is 0 Å². The van der Waals surface area contributed by atoms with Gasteiger partial charge in [-0.15, -0.1) is 5.10 Å². The summed E-state index contributed by atoms with van der Waals surface area (Å²) in [6.45, 7) is 7.74. The van der Waals surface area contributed by atoms with Crippen LogP contribution in [0.5, 0.6) is 0 Å². The standard InChI is InChI=1S/C25H25ClN4O2S/c1-4-14-32-23(31)21-16(3)27-24-28-25(33-15-19-8-6-7-9-20(19)26)29-30(24)22(21)18-12-10-17(5-2)11-13-18/h4,6-13,22H,1,5,14-15H2,2-3H3,(H,27,28,29)/t22-/m0/s1. The maximum atomic E-state index is 13.0. The largest absolute Gasteiger partial charge is 0.458 e. The fraction of sp³-hybridized carbons (Fsp3) is 0.240. The van der Waals surface area contributed by atoms with Crippen LogP contribution in [0.4, 0.5) is 5.95 Å². The molecule has 1 atom stereocenters. The second-order valence-electron chi connectivity index (χ2n) is 7.59. The number of aryl methyl sites for hydroxylation is 1. The van der Waals surface area contributed by atoms with E-state index in [0.29, 0.717) is 33.2 Å². The number of thioether (sulfide) groups is 1. The van der Waals surface area contributed by atoms with Crippen LogP contribution in [0.3, 0.4) is 0 Å². The van der Waals surface area contributed by atoms with E-state index < -0.39 is 12.0 Å². The van der Waals surface area contributed by atoms with Crippen molar-refractivity contribution in [2.24, 2.45) is 0 Å². The summed E-state index contributed by atoms with van der Waals surface area (Å²) in [6.07, 6.45) is 2.49. The van der Waals surface area contributed by atoms with Crippen molar-refractivity contribution in [3.8, 4) is 0 Å². The molecule has 2 heterocycles. The molecule has 0 radical (unpaired) electrons. The molecular formula is C25H25ClN4O2S. The molecule has 1 aliphatic rings. The van der Waals surface area contributed by atoms with Gasteiger partial charge in [0.25, 0.3) is 0 Å². The number of hydrogen-bond donors (Lipinski definition) is 1. The molecule has 0 aliphatic carbocycles. The molecule has 1 aromatic heterocycles. The Morgan fingerprint density at radius 2 is 2.03 bits per heavy atom. The number of halogens is 1. The zero-order valence-corrected chi connectivity index (χ0v) is 20.1. The van der Waals surface area contributed by atoms with Gasteiger partial charge in [0.2, 0.25) is 11.1 Å². The van der Waals surface area contributed by atoms with Crippen LogP contribution in [0, 0.1) is 0 Å². The van der Waals surface area contributed by atoms with E-state index in [1.54, 1.807) is 10.8 Å². The number of hydrogen-bond acceptors (Lipinski definition) is 6. The van der Waals surface area contributed by atoms with Crippen LogP contribution in [0.2, 0.25) is 5.02 Å². The predicted molar refractivity (Wildman–Crippen MR) is 132 cm³/mol. The first-order chi connectivity index (χ1) is 16.0. The lowest BCUT2D eigenvalue weighted by Gasteiger charge is -2.28. The molecule has 3 aromatic rings. The monoisotopic (exact) mass is 480 g/mol.